The number of benzene rings is 1. The maximum absolute atomic E-state index is 12.8. The van der Waals surface area contributed by atoms with Crippen LogP contribution in [0.3, 0.4) is 0 Å². The monoisotopic (exact) mass is 329 g/mol. The maximum Gasteiger partial charge on any atom is 0.320 e. The predicted octanol–water partition coefficient (Wildman–Crippen LogP) is 2.67. The number of piperidine rings is 1. The fraction of sp³-hybridized carbons (Fsp3) is 0.579. The Kier molecular flexibility index (Phi) is 5.07. The van der Waals surface area contributed by atoms with Crippen molar-refractivity contribution in [2.24, 2.45) is 0 Å². The number of carbonyl (C=O) groups is 2. The van der Waals surface area contributed by atoms with E-state index in [9.17, 15) is 9.59 Å². The molecule has 1 aromatic rings. The lowest BCUT2D eigenvalue weighted by molar-refractivity contribution is 0.0632. The molecule has 5 nitrogen and oxygen atoms in total. The molecule has 0 bridgehead atoms. The summed E-state index contributed by atoms with van der Waals surface area (Å²) >= 11 is 0. The van der Waals surface area contributed by atoms with Gasteiger partial charge in [-0.25, -0.2) is 4.79 Å². The number of nitrogens with zero attached hydrogens (tertiary/aromatic N) is 3. The minimum atomic E-state index is 0.0845. The van der Waals surface area contributed by atoms with Crippen LogP contribution in [0.25, 0.3) is 0 Å². The Hall–Kier alpha value is -2.04. The van der Waals surface area contributed by atoms with E-state index in [1.807, 2.05) is 46.7 Å². The smallest absolute Gasteiger partial charge is 0.320 e. The van der Waals surface area contributed by atoms with E-state index in [4.69, 9.17) is 0 Å². The summed E-state index contributed by atoms with van der Waals surface area (Å²) in [6.07, 6.45) is 3.44. The average Bonchev–Trinajstić information content (AvgIpc) is 2.64. The molecule has 2 aliphatic heterocycles. The Morgan fingerprint density at radius 3 is 2.04 bits per heavy atom. The van der Waals surface area contributed by atoms with E-state index in [-0.39, 0.29) is 11.9 Å². The van der Waals surface area contributed by atoms with E-state index in [1.54, 1.807) is 0 Å². The number of carbonyl (C=O) groups excluding carboxylic acids is 2. The van der Waals surface area contributed by atoms with Crippen molar-refractivity contribution in [2.45, 2.75) is 33.1 Å². The fourth-order valence-corrected chi connectivity index (χ4v) is 3.54. The number of hydrogen-bond donors (Lipinski definition) is 0. The van der Waals surface area contributed by atoms with Gasteiger partial charge >= 0.3 is 6.03 Å². The number of hydrogen-bond acceptors (Lipinski definition) is 2. The second kappa shape index (κ2) is 7.24. The van der Waals surface area contributed by atoms with Crippen LogP contribution in [-0.4, -0.2) is 65.9 Å². The molecule has 24 heavy (non-hydrogen) atoms. The zero-order valence-electron chi connectivity index (χ0n) is 14.8. The lowest BCUT2D eigenvalue weighted by Gasteiger charge is -2.38. The molecular weight excluding hydrogens is 302 g/mol. The minimum Gasteiger partial charge on any atom is -0.335 e. The van der Waals surface area contributed by atoms with Gasteiger partial charge < -0.3 is 14.7 Å². The minimum absolute atomic E-state index is 0.0845. The molecule has 0 atom stereocenters. The summed E-state index contributed by atoms with van der Waals surface area (Å²) in [5, 5.41) is 0. The van der Waals surface area contributed by atoms with Crippen molar-refractivity contribution in [3.05, 3.63) is 34.9 Å². The predicted molar refractivity (Wildman–Crippen MR) is 94.2 cm³/mol. The molecule has 3 amide bonds. The fourth-order valence-electron chi connectivity index (χ4n) is 3.54. The molecule has 5 heteroatoms. The molecule has 0 radical (unpaired) electrons. The molecule has 2 fully saturated rings. The van der Waals surface area contributed by atoms with Crippen LogP contribution in [0.2, 0.25) is 0 Å². The van der Waals surface area contributed by atoms with Gasteiger partial charge in [0.1, 0.15) is 0 Å². The molecule has 0 aromatic heterocycles. The standard InChI is InChI=1S/C19H27N3O2/c1-15-7-6-8-17(16(15)2)18(23)20-11-13-22(14-12-20)19(24)21-9-4-3-5-10-21/h6-8H,3-5,9-14H2,1-2H3. The molecule has 0 N–H and O–H groups in total. The van der Waals surface area contributed by atoms with Crippen LogP contribution in [0, 0.1) is 13.8 Å². The highest BCUT2D eigenvalue weighted by Gasteiger charge is 2.28. The summed E-state index contributed by atoms with van der Waals surface area (Å²) in [6, 6.07) is 6.01. The molecule has 130 valence electrons. The van der Waals surface area contributed by atoms with E-state index < -0.39 is 0 Å². The van der Waals surface area contributed by atoms with Crippen molar-refractivity contribution in [2.75, 3.05) is 39.3 Å². The van der Waals surface area contributed by atoms with E-state index in [0.717, 1.165) is 42.6 Å². The van der Waals surface area contributed by atoms with Crippen LogP contribution >= 0.6 is 0 Å². The number of piperazine rings is 1. The lowest BCUT2D eigenvalue weighted by atomic mass is 10.0. The molecule has 0 aliphatic carbocycles. The van der Waals surface area contributed by atoms with E-state index in [0.29, 0.717) is 26.2 Å². The summed E-state index contributed by atoms with van der Waals surface area (Å²) in [4.78, 5) is 31.1. The molecule has 1 aromatic carbocycles. The van der Waals surface area contributed by atoms with Gasteiger partial charge in [0.05, 0.1) is 0 Å². The molecule has 2 aliphatic rings. The van der Waals surface area contributed by atoms with Gasteiger partial charge in [-0.15, -0.1) is 0 Å². The number of amides is 3. The SMILES string of the molecule is Cc1cccc(C(=O)N2CCN(C(=O)N3CCCCC3)CC2)c1C. The quantitative estimate of drug-likeness (QED) is 0.795. The van der Waals surface area contributed by atoms with Crippen LogP contribution in [0.4, 0.5) is 4.79 Å². The Balaban J connectivity index is 1.59. The van der Waals surface area contributed by atoms with Crippen LogP contribution in [-0.2, 0) is 0 Å². The average molecular weight is 329 g/mol. The highest BCUT2D eigenvalue weighted by molar-refractivity contribution is 5.96. The molecule has 2 saturated heterocycles. The zero-order chi connectivity index (χ0) is 17.1. The van der Waals surface area contributed by atoms with Crippen molar-refractivity contribution in [3.63, 3.8) is 0 Å². The second-order valence-corrected chi connectivity index (χ2v) is 6.86. The Bertz CT molecular complexity index is 615. The number of rotatable bonds is 1. The van der Waals surface area contributed by atoms with Crippen LogP contribution in [0.1, 0.15) is 40.7 Å². The highest BCUT2D eigenvalue weighted by atomic mass is 16.2. The van der Waals surface area contributed by atoms with Crippen LogP contribution in [0.5, 0.6) is 0 Å². The van der Waals surface area contributed by atoms with Gasteiger partial charge in [0.15, 0.2) is 0 Å². The third-order valence-electron chi connectivity index (χ3n) is 5.30. The Morgan fingerprint density at radius 1 is 0.792 bits per heavy atom. The first kappa shape index (κ1) is 16.8. The van der Waals surface area contributed by atoms with Gasteiger partial charge in [0, 0.05) is 44.8 Å². The van der Waals surface area contributed by atoms with Gasteiger partial charge in [-0.05, 0) is 50.3 Å². The first-order valence-corrected chi connectivity index (χ1v) is 8.97. The summed E-state index contributed by atoms with van der Waals surface area (Å²) in [7, 11) is 0. The summed E-state index contributed by atoms with van der Waals surface area (Å²) in [5.74, 6) is 0.0845. The molecule has 3 rings (SSSR count). The van der Waals surface area contributed by atoms with Crippen molar-refractivity contribution in [1.82, 2.24) is 14.7 Å². The summed E-state index contributed by atoms with van der Waals surface area (Å²) in [5.41, 5.74) is 2.97. The molecule has 0 spiro atoms. The Labute approximate surface area is 144 Å². The van der Waals surface area contributed by atoms with Gasteiger partial charge in [-0.1, -0.05) is 12.1 Å². The van der Waals surface area contributed by atoms with Crippen LogP contribution in [0.15, 0.2) is 18.2 Å². The molecular formula is C19H27N3O2. The van der Waals surface area contributed by atoms with Gasteiger partial charge in [0.2, 0.25) is 0 Å². The zero-order valence-corrected chi connectivity index (χ0v) is 14.8. The van der Waals surface area contributed by atoms with Crippen molar-refractivity contribution in [1.29, 1.82) is 0 Å². The number of urea groups is 1. The van der Waals surface area contributed by atoms with E-state index >= 15 is 0 Å². The molecule has 0 saturated carbocycles. The van der Waals surface area contributed by atoms with E-state index in [2.05, 4.69) is 0 Å². The Morgan fingerprint density at radius 2 is 1.38 bits per heavy atom. The van der Waals surface area contributed by atoms with Crippen LogP contribution < -0.4 is 0 Å². The van der Waals surface area contributed by atoms with Gasteiger partial charge in [-0.3, -0.25) is 4.79 Å². The number of aryl methyl sites for hydroxylation is 1. The first-order chi connectivity index (χ1) is 11.6. The van der Waals surface area contributed by atoms with Crippen molar-refractivity contribution in [3.8, 4) is 0 Å². The topological polar surface area (TPSA) is 43.9 Å². The summed E-state index contributed by atoms with van der Waals surface area (Å²) < 4.78 is 0. The third kappa shape index (κ3) is 3.40. The van der Waals surface area contributed by atoms with E-state index in [1.165, 1.54) is 6.42 Å². The maximum atomic E-state index is 12.8. The second-order valence-electron chi connectivity index (χ2n) is 6.86. The largest absolute Gasteiger partial charge is 0.335 e. The third-order valence-corrected chi connectivity index (χ3v) is 5.30. The number of likely N-dealkylation sites (tertiary alicyclic amines) is 1. The van der Waals surface area contributed by atoms with Crippen molar-refractivity contribution < 1.29 is 9.59 Å². The molecule has 2 heterocycles. The van der Waals surface area contributed by atoms with Crippen molar-refractivity contribution >= 4 is 11.9 Å². The van der Waals surface area contributed by atoms with Gasteiger partial charge in [0.25, 0.3) is 5.91 Å². The lowest BCUT2D eigenvalue weighted by Crippen LogP contribution is -2.54. The summed E-state index contributed by atoms with van der Waals surface area (Å²) in [6.45, 7) is 8.27. The normalized spacial score (nSPS) is 18.7. The highest BCUT2D eigenvalue weighted by Crippen LogP contribution is 2.17. The van der Waals surface area contributed by atoms with Gasteiger partial charge in [-0.2, -0.15) is 0 Å². The first-order valence-electron chi connectivity index (χ1n) is 8.97. The molecule has 0 unspecified atom stereocenters.